The third kappa shape index (κ3) is 38.8. The maximum Gasteiger partial charge on any atom is 0.305 e. The zero-order chi connectivity index (χ0) is 33.4. The molecule has 0 atom stereocenters. The molecule has 0 unspecified atom stereocenters. The van der Waals surface area contributed by atoms with Crippen molar-refractivity contribution in [1.29, 1.82) is 0 Å². The molecule has 13 heteroatoms. The minimum atomic E-state index is -0.161. The highest BCUT2D eigenvalue weighted by Gasteiger charge is 2.03. The van der Waals surface area contributed by atoms with Crippen molar-refractivity contribution in [2.45, 2.75) is 71.6 Å². The predicted molar refractivity (Wildman–Crippen MR) is 172 cm³/mol. The minimum absolute atomic E-state index is 0.154. The van der Waals surface area contributed by atoms with E-state index in [9.17, 15) is 9.59 Å². The first-order chi connectivity index (χ1) is 22.7. The average Bonchev–Trinajstić information content (AvgIpc) is 3.05. The second-order valence-electron chi connectivity index (χ2n) is 10.2. The van der Waals surface area contributed by atoms with Crippen molar-refractivity contribution in [3.8, 4) is 0 Å². The Morgan fingerprint density at radius 3 is 0.783 bits per heavy atom. The summed E-state index contributed by atoms with van der Waals surface area (Å²) >= 11 is 0. The third-order valence-corrected chi connectivity index (χ3v) is 6.18. The summed E-state index contributed by atoms with van der Waals surface area (Å²) in [5, 5.41) is 0. The van der Waals surface area contributed by atoms with Gasteiger partial charge in [-0.2, -0.15) is 0 Å². The lowest BCUT2D eigenvalue weighted by atomic mass is 10.2. The van der Waals surface area contributed by atoms with E-state index in [0.717, 1.165) is 44.9 Å². The highest BCUT2D eigenvalue weighted by molar-refractivity contribution is 5.69. The van der Waals surface area contributed by atoms with E-state index in [2.05, 4.69) is 13.8 Å². The number of ether oxygens (including phenoxy) is 11. The summed E-state index contributed by atoms with van der Waals surface area (Å²) in [7, 11) is 0. The molecule has 0 aromatic rings. The van der Waals surface area contributed by atoms with Gasteiger partial charge in [-0.3, -0.25) is 9.59 Å². The number of carbonyl (C=O) groups excluding carboxylic acids is 2. The Kier molecular flexibility index (Phi) is 38.5. The minimum Gasteiger partial charge on any atom is -0.463 e. The Hall–Kier alpha value is -1.42. The van der Waals surface area contributed by atoms with E-state index < -0.39 is 0 Å². The summed E-state index contributed by atoms with van der Waals surface area (Å²) in [4.78, 5) is 23.0. The van der Waals surface area contributed by atoms with E-state index in [1.165, 1.54) is 0 Å². The number of hydrogen-bond donors (Lipinski definition) is 0. The lowest BCUT2D eigenvalue weighted by Gasteiger charge is -2.09. The molecule has 0 aliphatic carbocycles. The SMILES string of the molecule is CCCCCCC(=O)OCCOCCOCCOCCOCCOCCOCCOCCOCCOCCOC(=O)CCCCC. The van der Waals surface area contributed by atoms with Crippen LogP contribution in [-0.2, 0) is 61.7 Å². The Bertz CT molecular complexity index is 624. The Morgan fingerprint density at radius 2 is 0.522 bits per heavy atom. The molecule has 0 N–H and O–H groups in total. The quantitative estimate of drug-likeness (QED) is 0.0695. The molecule has 0 amide bonds. The first-order valence-corrected chi connectivity index (χ1v) is 17.2. The van der Waals surface area contributed by atoms with Crippen LogP contribution in [0.2, 0.25) is 0 Å². The van der Waals surface area contributed by atoms with Crippen molar-refractivity contribution in [3.05, 3.63) is 0 Å². The van der Waals surface area contributed by atoms with Crippen molar-refractivity contribution < 1.29 is 61.7 Å². The van der Waals surface area contributed by atoms with Gasteiger partial charge < -0.3 is 52.1 Å². The van der Waals surface area contributed by atoms with Crippen LogP contribution in [0, 0.1) is 0 Å². The number of rotatable bonds is 39. The highest BCUT2D eigenvalue weighted by atomic mass is 16.6. The van der Waals surface area contributed by atoms with Crippen molar-refractivity contribution in [2.24, 2.45) is 0 Å². The number of esters is 2. The van der Waals surface area contributed by atoms with Gasteiger partial charge in [0, 0.05) is 12.8 Å². The fraction of sp³-hybridized carbons (Fsp3) is 0.939. The predicted octanol–water partition coefficient (Wildman–Crippen LogP) is 3.77. The fourth-order valence-corrected chi connectivity index (χ4v) is 3.65. The number of unbranched alkanes of at least 4 members (excludes halogenated alkanes) is 5. The first-order valence-electron chi connectivity index (χ1n) is 17.2. The zero-order valence-corrected chi connectivity index (χ0v) is 28.8. The monoisotopic (exact) mass is 668 g/mol. The molecule has 0 saturated carbocycles. The molecule has 13 nitrogen and oxygen atoms in total. The van der Waals surface area contributed by atoms with E-state index in [1.54, 1.807) is 0 Å². The summed E-state index contributed by atoms with van der Waals surface area (Å²) in [5.41, 5.74) is 0. The van der Waals surface area contributed by atoms with E-state index in [-0.39, 0.29) is 25.2 Å². The van der Waals surface area contributed by atoms with E-state index >= 15 is 0 Å². The molecule has 0 spiro atoms. The van der Waals surface area contributed by atoms with E-state index in [4.69, 9.17) is 52.1 Å². The summed E-state index contributed by atoms with van der Waals surface area (Å²) in [6.45, 7) is 13.2. The Balaban J connectivity index is 3.11. The molecule has 0 fully saturated rings. The largest absolute Gasteiger partial charge is 0.463 e. The summed E-state index contributed by atoms with van der Waals surface area (Å²) in [6, 6.07) is 0. The smallest absolute Gasteiger partial charge is 0.305 e. The van der Waals surface area contributed by atoms with Gasteiger partial charge in [-0.15, -0.1) is 0 Å². The molecule has 0 aliphatic heterocycles. The van der Waals surface area contributed by atoms with Crippen LogP contribution in [0.1, 0.15) is 71.6 Å². The lowest BCUT2D eigenvalue weighted by molar-refractivity contribution is -0.146. The van der Waals surface area contributed by atoms with Crippen LogP contribution < -0.4 is 0 Å². The van der Waals surface area contributed by atoms with Gasteiger partial charge in [0.15, 0.2) is 0 Å². The van der Waals surface area contributed by atoms with Crippen molar-refractivity contribution >= 4 is 11.9 Å². The van der Waals surface area contributed by atoms with Crippen LogP contribution in [0.15, 0.2) is 0 Å². The second-order valence-corrected chi connectivity index (χ2v) is 10.2. The third-order valence-electron chi connectivity index (χ3n) is 6.18. The molecule has 274 valence electrons. The van der Waals surface area contributed by atoms with Gasteiger partial charge >= 0.3 is 11.9 Å². The van der Waals surface area contributed by atoms with Crippen LogP contribution in [-0.4, -0.2) is 144 Å². The van der Waals surface area contributed by atoms with Gasteiger partial charge in [0.1, 0.15) is 13.2 Å². The summed E-state index contributed by atoms with van der Waals surface area (Å²) in [5.74, 6) is -0.316. The van der Waals surface area contributed by atoms with Gasteiger partial charge in [-0.1, -0.05) is 46.0 Å². The van der Waals surface area contributed by atoms with Gasteiger partial charge in [0.2, 0.25) is 0 Å². The van der Waals surface area contributed by atoms with Gasteiger partial charge in [-0.25, -0.2) is 0 Å². The molecule has 0 saturated heterocycles. The first kappa shape index (κ1) is 44.6. The van der Waals surface area contributed by atoms with E-state index in [1.807, 2.05) is 0 Å². The molecular weight excluding hydrogens is 604 g/mol. The topological polar surface area (TPSA) is 136 Å². The summed E-state index contributed by atoms with van der Waals surface area (Å²) in [6.07, 6.45) is 8.24. The van der Waals surface area contributed by atoms with Crippen LogP contribution >= 0.6 is 0 Å². The Morgan fingerprint density at radius 1 is 0.304 bits per heavy atom. The molecule has 0 aromatic carbocycles. The van der Waals surface area contributed by atoms with Gasteiger partial charge in [-0.05, 0) is 12.8 Å². The maximum absolute atomic E-state index is 11.5. The molecule has 0 aromatic heterocycles. The molecule has 46 heavy (non-hydrogen) atoms. The van der Waals surface area contributed by atoms with Crippen molar-refractivity contribution in [3.63, 3.8) is 0 Å². The molecule has 0 aliphatic rings. The standard InChI is InChI=1S/C33H64O13/c1-3-5-7-9-11-33(35)46-31-29-44-27-25-42-23-21-40-19-17-38-15-13-36-12-14-37-16-18-39-20-22-41-24-26-43-28-30-45-32(34)10-8-6-4-2/h3-31H2,1-2H3. The molecular formula is C33H64O13. The summed E-state index contributed by atoms with van der Waals surface area (Å²) < 4.78 is 59.2. The lowest BCUT2D eigenvalue weighted by Crippen LogP contribution is -2.15. The van der Waals surface area contributed by atoms with Crippen molar-refractivity contribution in [1.82, 2.24) is 0 Å². The van der Waals surface area contributed by atoms with E-state index in [0.29, 0.717) is 132 Å². The van der Waals surface area contributed by atoms with Gasteiger partial charge in [0.05, 0.1) is 119 Å². The maximum atomic E-state index is 11.5. The second kappa shape index (κ2) is 39.8. The van der Waals surface area contributed by atoms with Crippen LogP contribution in [0.3, 0.4) is 0 Å². The van der Waals surface area contributed by atoms with Crippen LogP contribution in [0.5, 0.6) is 0 Å². The highest BCUT2D eigenvalue weighted by Crippen LogP contribution is 2.03. The van der Waals surface area contributed by atoms with Crippen LogP contribution in [0.25, 0.3) is 0 Å². The molecule has 0 rings (SSSR count). The number of carbonyl (C=O) groups is 2. The molecule has 0 heterocycles. The van der Waals surface area contributed by atoms with Gasteiger partial charge in [0.25, 0.3) is 0 Å². The molecule has 0 radical (unpaired) electrons. The van der Waals surface area contributed by atoms with Crippen LogP contribution in [0.4, 0.5) is 0 Å². The normalized spacial score (nSPS) is 11.3. The fourth-order valence-electron chi connectivity index (χ4n) is 3.65. The van der Waals surface area contributed by atoms with Crippen molar-refractivity contribution in [2.75, 3.05) is 132 Å². The average molecular weight is 669 g/mol. The molecule has 0 bridgehead atoms. The Labute approximate surface area is 277 Å². The zero-order valence-electron chi connectivity index (χ0n) is 28.8. The number of hydrogen-bond acceptors (Lipinski definition) is 13.